The van der Waals surface area contributed by atoms with Crippen LogP contribution in [0.5, 0.6) is 5.75 Å². The maximum Gasteiger partial charge on any atom is 0.338 e. The average Bonchev–Trinajstić information content (AvgIpc) is 2.77. The number of nitrogens with zero attached hydrogens (tertiary/aromatic N) is 1. The van der Waals surface area contributed by atoms with E-state index >= 15 is 0 Å². The van der Waals surface area contributed by atoms with Gasteiger partial charge >= 0.3 is 5.97 Å². The maximum absolute atomic E-state index is 13.1. The number of carbonyl (C=O) groups excluding carboxylic acids is 2. The first-order chi connectivity index (χ1) is 15.2. The van der Waals surface area contributed by atoms with Crippen molar-refractivity contribution < 1.29 is 27.5 Å². The molecule has 1 fully saturated rings. The molecule has 1 heterocycles. The lowest BCUT2D eigenvalue weighted by Gasteiger charge is -2.30. The highest BCUT2D eigenvalue weighted by atomic mass is 35.5. The molecule has 1 N–H and O–H groups in total. The third kappa shape index (κ3) is 5.79. The predicted octanol–water partition coefficient (Wildman–Crippen LogP) is 3.56. The number of benzene rings is 2. The molecule has 0 saturated carbocycles. The van der Waals surface area contributed by atoms with Gasteiger partial charge in [0.15, 0.2) is 6.61 Å². The number of nitrogens with one attached hydrogen (secondary N) is 1. The molecule has 2 aromatic rings. The van der Waals surface area contributed by atoms with Crippen molar-refractivity contribution in [3.05, 3.63) is 53.1 Å². The van der Waals surface area contributed by atoms with Crippen molar-refractivity contribution in [2.24, 2.45) is 5.92 Å². The fourth-order valence-corrected chi connectivity index (χ4v) is 5.54. The number of methoxy groups -OCH3 is 1. The summed E-state index contributed by atoms with van der Waals surface area (Å²) < 4.78 is 37.7. The molecule has 172 valence electrons. The van der Waals surface area contributed by atoms with Gasteiger partial charge < -0.3 is 14.8 Å². The van der Waals surface area contributed by atoms with Gasteiger partial charge in [0.05, 0.1) is 17.7 Å². The van der Waals surface area contributed by atoms with Gasteiger partial charge in [-0.3, -0.25) is 4.79 Å². The normalized spacial score (nSPS) is 16.9. The number of halogens is 1. The number of ether oxygens (including phenoxy) is 2. The van der Waals surface area contributed by atoms with Gasteiger partial charge in [-0.2, -0.15) is 4.31 Å². The summed E-state index contributed by atoms with van der Waals surface area (Å²) in [6.45, 7) is 2.26. The average molecular weight is 481 g/mol. The molecule has 1 atom stereocenters. The fourth-order valence-electron chi connectivity index (χ4n) is 3.44. The minimum absolute atomic E-state index is 0.00721. The van der Waals surface area contributed by atoms with Crippen molar-refractivity contribution in [2.75, 3.05) is 32.1 Å². The van der Waals surface area contributed by atoms with Crippen LogP contribution in [0.3, 0.4) is 0 Å². The summed E-state index contributed by atoms with van der Waals surface area (Å²) in [6.07, 6.45) is 1.73. The first kappa shape index (κ1) is 24.0. The second-order valence-electron chi connectivity index (χ2n) is 7.61. The number of carbonyl (C=O) groups is 2. The van der Waals surface area contributed by atoms with Crippen LogP contribution in [0.2, 0.25) is 5.02 Å². The van der Waals surface area contributed by atoms with Gasteiger partial charge in [0.1, 0.15) is 10.6 Å². The number of hydrogen-bond donors (Lipinski definition) is 1. The Morgan fingerprint density at radius 2 is 2.00 bits per heavy atom. The number of sulfonamides is 1. The topological polar surface area (TPSA) is 102 Å². The Kier molecular flexibility index (Phi) is 7.76. The highest BCUT2D eigenvalue weighted by Gasteiger charge is 2.31. The third-order valence-corrected chi connectivity index (χ3v) is 7.44. The van der Waals surface area contributed by atoms with E-state index in [0.717, 1.165) is 12.8 Å². The van der Waals surface area contributed by atoms with Crippen molar-refractivity contribution in [2.45, 2.75) is 24.7 Å². The Hall–Kier alpha value is -2.62. The Labute approximate surface area is 192 Å². The quantitative estimate of drug-likeness (QED) is 0.608. The molecule has 3 rings (SSSR count). The van der Waals surface area contributed by atoms with Crippen molar-refractivity contribution in [1.82, 2.24) is 4.31 Å². The molecule has 1 aliphatic heterocycles. The van der Waals surface area contributed by atoms with Gasteiger partial charge in [-0.05, 0) is 49.1 Å². The van der Waals surface area contributed by atoms with Crippen LogP contribution >= 0.6 is 11.6 Å². The van der Waals surface area contributed by atoms with Crippen molar-refractivity contribution in [1.29, 1.82) is 0 Å². The number of anilines is 1. The molecule has 1 saturated heterocycles. The van der Waals surface area contributed by atoms with E-state index in [-0.39, 0.29) is 21.4 Å². The number of amides is 1. The molecule has 2 aromatic carbocycles. The summed E-state index contributed by atoms with van der Waals surface area (Å²) in [6, 6.07) is 10.6. The lowest BCUT2D eigenvalue weighted by Crippen LogP contribution is -2.39. The second kappa shape index (κ2) is 10.3. The van der Waals surface area contributed by atoms with E-state index < -0.39 is 28.5 Å². The van der Waals surface area contributed by atoms with Crippen molar-refractivity contribution >= 4 is 39.2 Å². The standard InChI is InChI=1S/C22H25ClN2O6S/c1-15-5-4-10-25(13-15)32(28,29)20-11-16(8-9-19(20)23)22(27)31-14-21(26)24-17-6-3-7-18(12-17)30-2/h3,6-9,11-12,15H,4-5,10,13-14H2,1-2H3,(H,24,26). The minimum Gasteiger partial charge on any atom is -0.497 e. The molecular formula is C22H25ClN2O6S. The summed E-state index contributed by atoms with van der Waals surface area (Å²) >= 11 is 6.15. The molecule has 0 bridgehead atoms. The molecule has 1 unspecified atom stereocenters. The van der Waals surface area contributed by atoms with Gasteiger partial charge in [0.25, 0.3) is 5.91 Å². The highest BCUT2D eigenvalue weighted by molar-refractivity contribution is 7.89. The third-order valence-electron chi connectivity index (χ3n) is 5.09. The Morgan fingerprint density at radius 3 is 2.72 bits per heavy atom. The zero-order valence-corrected chi connectivity index (χ0v) is 19.4. The molecule has 0 spiro atoms. The number of rotatable bonds is 7. The van der Waals surface area contributed by atoms with Crippen LogP contribution in [0.15, 0.2) is 47.4 Å². The lowest BCUT2D eigenvalue weighted by atomic mass is 10.0. The van der Waals surface area contributed by atoms with E-state index in [1.54, 1.807) is 24.3 Å². The van der Waals surface area contributed by atoms with Gasteiger partial charge in [-0.1, -0.05) is 24.6 Å². The van der Waals surface area contributed by atoms with Crippen LogP contribution in [0, 0.1) is 5.92 Å². The van der Waals surface area contributed by atoms with Crippen LogP contribution in [0.4, 0.5) is 5.69 Å². The largest absolute Gasteiger partial charge is 0.497 e. The minimum atomic E-state index is -3.86. The van der Waals surface area contributed by atoms with Crippen molar-refractivity contribution in [3.63, 3.8) is 0 Å². The van der Waals surface area contributed by atoms with E-state index in [4.69, 9.17) is 21.1 Å². The first-order valence-corrected chi connectivity index (χ1v) is 11.9. The molecular weight excluding hydrogens is 456 g/mol. The van der Waals surface area contributed by atoms with E-state index in [2.05, 4.69) is 5.32 Å². The van der Waals surface area contributed by atoms with Crippen LogP contribution < -0.4 is 10.1 Å². The SMILES string of the molecule is COc1cccc(NC(=O)COC(=O)c2ccc(Cl)c(S(=O)(=O)N3CCCC(C)C3)c2)c1. The van der Waals surface area contributed by atoms with E-state index in [9.17, 15) is 18.0 Å². The zero-order chi connectivity index (χ0) is 23.3. The summed E-state index contributed by atoms with van der Waals surface area (Å²) in [7, 11) is -2.35. The van der Waals surface area contributed by atoms with Gasteiger partial charge in [-0.15, -0.1) is 0 Å². The molecule has 0 aliphatic carbocycles. The number of hydrogen-bond acceptors (Lipinski definition) is 6. The van der Waals surface area contributed by atoms with Gasteiger partial charge in [0, 0.05) is 24.8 Å². The van der Waals surface area contributed by atoms with Crippen LogP contribution in [0.25, 0.3) is 0 Å². The lowest BCUT2D eigenvalue weighted by molar-refractivity contribution is -0.119. The number of piperidine rings is 1. The van der Waals surface area contributed by atoms with Crippen LogP contribution in [-0.4, -0.2) is 51.4 Å². The maximum atomic E-state index is 13.1. The molecule has 8 nitrogen and oxygen atoms in total. The van der Waals surface area contributed by atoms with Crippen LogP contribution in [0.1, 0.15) is 30.1 Å². The van der Waals surface area contributed by atoms with Gasteiger partial charge in [-0.25, -0.2) is 13.2 Å². The number of esters is 1. The highest BCUT2D eigenvalue weighted by Crippen LogP contribution is 2.29. The first-order valence-electron chi connectivity index (χ1n) is 10.1. The summed E-state index contributed by atoms with van der Waals surface area (Å²) in [4.78, 5) is 24.4. The Morgan fingerprint density at radius 1 is 1.22 bits per heavy atom. The molecule has 1 aliphatic rings. The second-order valence-corrected chi connectivity index (χ2v) is 9.93. The molecule has 1 amide bonds. The fraction of sp³-hybridized carbons (Fsp3) is 0.364. The summed E-state index contributed by atoms with van der Waals surface area (Å²) in [5, 5.41) is 2.62. The van der Waals surface area contributed by atoms with E-state index in [0.29, 0.717) is 24.5 Å². The monoisotopic (exact) mass is 480 g/mol. The van der Waals surface area contributed by atoms with Crippen molar-refractivity contribution in [3.8, 4) is 5.75 Å². The summed E-state index contributed by atoms with van der Waals surface area (Å²) in [5.41, 5.74) is 0.480. The molecule has 0 radical (unpaired) electrons. The molecule has 0 aromatic heterocycles. The summed E-state index contributed by atoms with van der Waals surface area (Å²) in [5.74, 6) is -0.562. The van der Waals surface area contributed by atoms with E-state index in [1.165, 1.54) is 29.6 Å². The van der Waals surface area contributed by atoms with Gasteiger partial charge in [0.2, 0.25) is 10.0 Å². The van der Waals surface area contributed by atoms with E-state index in [1.807, 2.05) is 6.92 Å². The predicted molar refractivity (Wildman–Crippen MR) is 121 cm³/mol. The zero-order valence-electron chi connectivity index (χ0n) is 17.8. The Balaban J connectivity index is 1.67. The Bertz CT molecular complexity index is 1110. The smallest absolute Gasteiger partial charge is 0.338 e. The molecule has 32 heavy (non-hydrogen) atoms. The molecule has 10 heteroatoms. The van der Waals surface area contributed by atoms with Crippen LogP contribution in [-0.2, 0) is 19.6 Å².